The average molecular weight is 1740 g/mol. The van der Waals surface area contributed by atoms with Crippen molar-refractivity contribution in [2.75, 3.05) is 58.9 Å². The number of para-hydroxylation sites is 1. The zero-order chi connectivity index (χ0) is 91.3. The maximum Gasteiger partial charge on any atom is 0.326 e. The number of unbranched alkanes of at least 4 members (excludes halogenated alkanes) is 7. The van der Waals surface area contributed by atoms with Gasteiger partial charge in [0.25, 0.3) is 0 Å². The Morgan fingerprint density at radius 2 is 0.556 bits per heavy atom. The molecule has 41 nitrogen and oxygen atoms in total. The number of aliphatic imine (C=N–C) groups is 2. The van der Waals surface area contributed by atoms with Crippen LogP contribution in [0.4, 0.5) is 0 Å². The highest BCUT2D eigenvalue weighted by molar-refractivity contribution is 6.00. The third-order valence-corrected chi connectivity index (χ3v) is 20.7. The van der Waals surface area contributed by atoms with E-state index in [1.54, 1.807) is 30.5 Å². The molecule has 0 radical (unpaired) electrons. The number of aromatic nitrogens is 1. The lowest BCUT2D eigenvalue weighted by Crippen LogP contribution is -2.61. The molecule has 0 saturated carbocycles. The number of phenolic OH excluding ortho intramolecular Hbond substituents is 2. The number of rotatable bonds is 65. The van der Waals surface area contributed by atoms with E-state index in [9.17, 15) is 48.9 Å². The van der Waals surface area contributed by atoms with Gasteiger partial charge in [-0.15, -0.1) is 0 Å². The minimum atomic E-state index is -1.56. The number of benzene rings is 3. The summed E-state index contributed by atoms with van der Waals surface area (Å²) in [5.74, 6) is -11.1. The van der Waals surface area contributed by atoms with E-state index in [4.69, 9.17) is 68.8 Å². The summed E-state index contributed by atoms with van der Waals surface area (Å²) < 4.78 is 0. The topological polar surface area (TPSA) is 751 Å². The monoisotopic (exact) mass is 1740 g/mol. The van der Waals surface area contributed by atoms with Crippen LogP contribution in [-0.2, 0) is 76.8 Å². The first-order valence-electron chi connectivity index (χ1n) is 42.9. The Labute approximate surface area is 724 Å². The van der Waals surface area contributed by atoms with Gasteiger partial charge in [-0.25, -0.2) is 4.79 Å². The summed E-state index contributed by atoms with van der Waals surface area (Å²) in [6, 6.07) is 2.10. The van der Waals surface area contributed by atoms with Crippen molar-refractivity contribution in [1.29, 1.82) is 0 Å². The molecule has 11 amide bonds. The van der Waals surface area contributed by atoms with Crippen LogP contribution in [-0.4, -0.2) is 235 Å². The summed E-state index contributed by atoms with van der Waals surface area (Å²) in [7, 11) is 0. The van der Waals surface area contributed by atoms with Gasteiger partial charge in [0.05, 0.1) is 6.04 Å². The number of fused-ring (bicyclic) bond motifs is 1. The molecule has 12 atom stereocenters. The number of aromatic hydroxyl groups is 2. The predicted molar refractivity (Wildman–Crippen MR) is 473 cm³/mol. The predicted octanol–water partition coefficient (Wildman–Crippen LogP) is -3.64. The largest absolute Gasteiger partial charge is 0.508 e. The summed E-state index contributed by atoms with van der Waals surface area (Å²) in [6.45, 7) is 1.71. The van der Waals surface area contributed by atoms with Gasteiger partial charge < -0.3 is 148 Å². The molecule has 0 saturated heterocycles. The smallest absolute Gasteiger partial charge is 0.326 e. The number of hydrogen-bond acceptors (Lipinski definition) is 24. The molecule has 3 aromatic carbocycles. The molecule has 124 heavy (non-hydrogen) atoms. The van der Waals surface area contributed by atoms with Crippen LogP contribution >= 0.6 is 0 Å². The molecule has 0 aliphatic rings. The second-order valence-corrected chi connectivity index (χ2v) is 30.8. The van der Waals surface area contributed by atoms with Crippen LogP contribution in [0.15, 0.2) is 89.0 Å². The number of hydrogen-bond donors (Lipinski definition) is 27. The van der Waals surface area contributed by atoms with Gasteiger partial charge in [-0.2, -0.15) is 0 Å². The van der Waals surface area contributed by atoms with Crippen LogP contribution in [0.2, 0.25) is 0 Å². The van der Waals surface area contributed by atoms with Crippen molar-refractivity contribution < 1.29 is 72.9 Å². The van der Waals surface area contributed by atoms with E-state index in [1.165, 1.54) is 48.5 Å². The van der Waals surface area contributed by atoms with Gasteiger partial charge >= 0.3 is 5.97 Å². The highest BCUT2D eigenvalue weighted by atomic mass is 16.4. The number of carbonyl (C=O) groups is 12. The summed E-state index contributed by atoms with van der Waals surface area (Å²) in [5, 5.41) is 61.4. The van der Waals surface area contributed by atoms with Crippen molar-refractivity contribution in [2.24, 2.45) is 78.8 Å². The summed E-state index contributed by atoms with van der Waals surface area (Å²) in [5.41, 5.74) is 71.9. The van der Waals surface area contributed by atoms with E-state index in [1.807, 2.05) is 0 Å². The average Bonchev–Trinajstić information content (AvgIpc) is 1.48. The molecule has 4 rings (SSSR count). The quantitative estimate of drug-likeness (QED) is 0.0115. The van der Waals surface area contributed by atoms with Gasteiger partial charge in [0, 0.05) is 49.5 Å². The van der Waals surface area contributed by atoms with Crippen LogP contribution in [0.1, 0.15) is 177 Å². The number of guanidine groups is 2. The minimum Gasteiger partial charge on any atom is -0.508 e. The number of aliphatic carboxylic acids is 1. The SMILES string of the molecule is NCCCC[C@H](NC(=O)[C@H](CCCCN)NC(=O)[C@H](CCCCN)NC(=O)[C@H](CCCCN)NC(=O)[C@H](CCCCN)NC(=O)[C@H](CCCCN)NC(=O)[C@H](CCCCN)NC(=O)[C@H](Cc1c[nH]c2ccccc12)NC(=O)[C@H](CCCN=C(N)N)NC(=O)[C@H](Cc1ccc(O)cc1)NC(=O)[C@H](Cc1ccc(O)cc1)NC(=O)[C@@H](N)CCCN=C(N)N)C(=O)O. The Balaban J connectivity index is 1.75. The zero-order valence-corrected chi connectivity index (χ0v) is 71.2. The number of phenols is 2. The fourth-order valence-corrected chi connectivity index (χ4v) is 13.6. The van der Waals surface area contributed by atoms with Gasteiger partial charge in [0.2, 0.25) is 65.0 Å². The summed E-state index contributed by atoms with van der Waals surface area (Å²) in [6.07, 6.45) is 6.53. The van der Waals surface area contributed by atoms with Crippen molar-refractivity contribution >= 4 is 93.8 Å². The van der Waals surface area contributed by atoms with Crippen LogP contribution in [0.5, 0.6) is 11.5 Å². The van der Waals surface area contributed by atoms with Crippen LogP contribution in [0.25, 0.3) is 10.9 Å². The third kappa shape index (κ3) is 40.3. The molecular formula is C83H138N26O15. The minimum absolute atomic E-state index is 0.00309. The second kappa shape index (κ2) is 59.4. The highest BCUT2D eigenvalue weighted by Crippen LogP contribution is 2.22. The number of nitrogens with two attached hydrogens (primary N) is 12. The van der Waals surface area contributed by atoms with Crippen molar-refractivity contribution in [3.8, 4) is 11.5 Å². The van der Waals surface area contributed by atoms with E-state index in [-0.39, 0.29) is 172 Å². The van der Waals surface area contributed by atoms with Crippen molar-refractivity contribution in [3.05, 3.63) is 95.7 Å². The van der Waals surface area contributed by atoms with E-state index in [0.717, 1.165) is 0 Å². The molecule has 0 aliphatic carbocycles. The highest BCUT2D eigenvalue weighted by Gasteiger charge is 2.38. The Hall–Kier alpha value is -11.3. The van der Waals surface area contributed by atoms with E-state index < -0.39 is 143 Å². The Morgan fingerprint density at radius 3 is 0.855 bits per heavy atom. The maximum absolute atomic E-state index is 15.4. The molecule has 0 fully saturated rings. The molecule has 4 aromatic rings. The van der Waals surface area contributed by atoms with E-state index >= 15 is 24.0 Å². The molecule has 0 bridgehead atoms. The molecule has 690 valence electrons. The fourth-order valence-electron chi connectivity index (χ4n) is 13.6. The number of carbonyl (C=O) groups excluding carboxylic acids is 11. The Kier molecular flexibility index (Phi) is 50.3. The number of carboxylic acids is 1. The maximum atomic E-state index is 15.4. The number of nitrogens with zero attached hydrogens (tertiary/aromatic N) is 2. The zero-order valence-electron chi connectivity index (χ0n) is 71.2. The standard InChI is InChI=1S/C83H138N26O15/c84-38-10-3-22-59(71(113)99-60(23-4-11-39-85)72(114)101-62(25-6-13-41-87)74(116)103-64(27-8-15-43-89)76(118)106-66(81(123)124)28-9-16-44-90)100-73(115)61(24-5-12-40-86)102-75(117)63(26-7-14-42-88)104-80(122)69(49-53-50-98-58-21-2-1-19-56(53)58)109-77(119)65(29-18-46-97-83(94)95)105-78(120)68(48-52-32-36-55(111)37-33-52)108-79(121)67(47-51-30-34-54(110)35-31-51)107-70(112)57(91)20-17-45-96-82(92)93/h1-2,19,21,30-37,50,57,59-69,98,110-111H,3-18,20,22-29,38-49,84-91H2,(H,99,113)(H,100,115)(H,101,114)(H,102,117)(H,103,116)(H,104,122)(H,105,120)(H,106,118)(H,107,112)(H,108,121)(H,109,119)(H,123,124)(H4,92,93,96)(H4,94,95,97)/t57-,59-,60-,61-,62-,63-,64-,65-,66-,67-,68-,69-/m0/s1. The first-order chi connectivity index (χ1) is 59.5. The molecule has 1 aromatic heterocycles. The van der Waals surface area contributed by atoms with Gasteiger partial charge in [0.1, 0.15) is 78.0 Å². The molecule has 41 heteroatoms. The number of H-pyrrole nitrogens is 1. The lowest BCUT2D eigenvalue weighted by atomic mass is 10.0. The number of amides is 11. The number of nitrogens with one attached hydrogen (secondary N) is 12. The fraction of sp³-hybridized carbons (Fsp3) is 0.590. The van der Waals surface area contributed by atoms with Crippen molar-refractivity contribution in [2.45, 2.75) is 252 Å². The van der Waals surface area contributed by atoms with Crippen LogP contribution < -0.4 is 127 Å². The molecule has 39 N–H and O–H groups in total. The molecule has 0 unspecified atom stereocenters. The molecule has 0 aliphatic heterocycles. The second-order valence-electron chi connectivity index (χ2n) is 30.8. The lowest BCUT2D eigenvalue weighted by molar-refractivity contribution is -0.142. The lowest BCUT2D eigenvalue weighted by Gasteiger charge is -2.29. The van der Waals surface area contributed by atoms with Gasteiger partial charge in [-0.1, -0.05) is 42.5 Å². The molecule has 0 spiro atoms. The third-order valence-electron chi connectivity index (χ3n) is 20.7. The van der Waals surface area contributed by atoms with E-state index in [2.05, 4.69) is 73.5 Å². The normalized spacial score (nSPS) is 14.1. The first kappa shape index (κ1) is 105. The molecule has 1 heterocycles. The number of carboxylic acid groups (broad SMARTS) is 1. The van der Waals surface area contributed by atoms with Crippen molar-refractivity contribution in [1.82, 2.24) is 63.5 Å². The van der Waals surface area contributed by atoms with Gasteiger partial charge in [-0.05, 0) is 253 Å². The van der Waals surface area contributed by atoms with Crippen LogP contribution in [0, 0.1) is 0 Å². The Morgan fingerprint density at radius 1 is 0.306 bits per heavy atom. The molecular weight excluding hydrogens is 1600 g/mol. The van der Waals surface area contributed by atoms with Gasteiger partial charge in [-0.3, -0.25) is 62.7 Å². The Bertz CT molecular complexity index is 4000. The van der Waals surface area contributed by atoms with E-state index in [0.29, 0.717) is 118 Å². The van der Waals surface area contributed by atoms with Gasteiger partial charge in [0.15, 0.2) is 11.9 Å². The van der Waals surface area contributed by atoms with Crippen molar-refractivity contribution in [3.63, 3.8) is 0 Å². The summed E-state index contributed by atoms with van der Waals surface area (Å²) in [4.78, 5) is 186. The first-order valence-corrected chi connectivity index (χ1v) is 42.9. The summed E-state index contributed by atoms with van der Waals surface area (Å²) >= 11 is 0. The number of aromatic amines is 1. The van der Waals surface area contributed by atoms with Crippen LogP contribution in [0.3, 0.4) is 0 Å².